The van der Waals surface area contributed by atoms with Crippen molar-refractivity contribution in [1.29, 1.82) is 0 Å². The number of rotatable bonds is 4. The zero-order valence-corrected chi connectivity index (χ0v) is 9.44. The summed E-state index contributed by atoms with van der Waals surface area (Å²) in [5.74, 6) is 1.69. The van der Waals surface area contributed by atoms with Crippen LogP contribution in [0, 0.1) is 0 Å². The van der Waals surface area contributed by atoms with Crippen molar-refractivity contribution in [2.75, 3.05) is 26.9 Å². The lowest BCUT2D eigenvalue weighted by Crippen LogP contribution is -2.20. The highest BCUT2D eigenvalue weighted by molar-refractivity contribution is 5.43. The Bertz CT molecular complexity index is 354. The highest BCUT2D eigenvalue weighted by Gasteiger charge is 2.18. The van der Waals surface area contributed by atoms with Gasteiger partial charge in [0.05, 0.1) is 13.2 Å². The van der Waals surface area contributed by atoms with Gasteiger partial charge in [-0.05, 0) is 18.2 Å². The minimum atomic E-state index is 0.0507. The molecule has 4 heteroatoms. The average molecular weight is 223 g/mol. The van der Waals surface area contributed by atoms with Gasteiger partial charge in [0.1, 0.15) is 18.1 Å². The molecule has 0 amide bonds. The van der Waals surface area contributed by atoms with Gasteiger partial charge in [-0.1, -0.05) is 0 Å². The average Bonchev–Trinajstić information content (AvgIpc) is 2.30. The summed E-state index contributed by atoms with van der Waals surface area (Å²) in [5.41, 5.74) is 7.04. The summed E-state index contributed by atoms with van der Waals surface area (Å²) < 4.78 is 16.0. The first-order valence-corrected chi connectivity index (χ1v) is 5.45. The van der Waals surface area contributed by atoms with E-state index in [-0.39, 0.29) is 6.04 Å². The molecular weight excluding hydrogens is 206 g/mol. The fourth-order valence-corrected chi connectivity index (χ4v) is 1.73. The maximum absolute atomic E-state index is 6.01. The van der Waals surface area contributed by atoms with Gasteiger partial charge in [-0.25, -0.2) is 0 Å². The van der Waals surface area contributed by atoms with Gasteiger partial charge in [0.15, 0.2) is 0 Å². The van der Waals surface area contributed by atoms with Crippen LogP contribution in [0.1, 0.15) is 18.0 Å². The molecule has 1 aliphatic heterocycles. The van der Waals surface area contributed by atoms with E-state index >= 15 is 0 Å². The van der Waals surface area contributed by atoms with E-state index < -0.39 is 0 Å². The molecule has 0 aliphatic carbocycles. The molecule has 88 valence electrons. The smallest absolute Gasteiger partial charge is 0.124 e. The molecule has 1 unspecified atom stereocenters. The number of nitrogens with two attached hydrogens (primary N) is 1. The molecule has 2 N–H and O–H groups in total. The second kappa shape index (κ2) is 5.18. The minimum absolute atomic E-state index is 0.0507. The molecule has 0 aromatic heterocycles. The van der Waals surface area contributed by atoms with Gasteiger partial charge >= 0.3 is 0 Å². The minimum Gasteiger partial charge on any atom is -0.493 e. The fourth-order valence-electron chi connectivity index (χ4n) is 1.73. The third-order valence-electron chi connectivity index (χ3n) is 2.62. The fraction of sp³-hybridized carbons (Fsp3) is 0.500. The molecule has 4 nitrogen and oxygen atoms in total. The molecule has 0 bridgehead atoms. The molecular formula is C12H17NO3. The summed E-state index contributed by atoms with van der Waals surface area (Å²) in [6, 6.07) is 5.81. The molecule has 1 aromatic carbocycles. The lowest BCUT2D eigenvalue weighted by molar-refractivity contribution is 0.146. The number of hydrogen-bond donors (Lipinski definition) is 1. The Morgan fingerprint density at radius 2 is 2.31 bits per heavy atom. The summed E-state index contributed by atoms with van der Waals surface area (Å²) in [5, 5.41) is 0. The monoisotopic (exact) mass is 223 g/mol. The third kappa shape index (κ3) is 2.46. The second-order valence-electron chi connectivity index (χ2n) is 3.78. The van der Waals surface area contributed by atoms with Crippen LogP contribution in [0.2, 0.25) is 0 Å². The normalized spacial score (nSPS) is 18.8. The first-order valence-electron chi connectivity index (χ1n) is 5.45. The molecule has 0 radical (unpaired) electrons. The standard InChI is InChI=1S/C12H17NO3/c1-14-6-7-15-9-2-3-12-10(8-9)11(13)4-5-16-12/h2-3,8,11H,4-7,13H2,1H3. The van der Waals surface area contributed by atoms with Gasteiger partial charge in [0.25, 0.3) is 0 Å². The molecule has 0 saturated carbocycles. The molecule has 0 spiro atoms. The zero-order chi connectivity index (χ0) is 11.4. The van der Waals surface area contributed by atoms with E-state index in [0.717, 1.165) is 23.5 Å². The van der Waals surface area contributed by atoms with Gasteiger partial charge in [-0.15, -0.1) is 0 Å². The zero-order valence-electron chi connectivity index (χ0n) is 9.44. The Morgan fingerprint density at radius 3 is 3.12 bits per heavy atom. The van der Waals surface area contributed by atoms with E-state index in [1.807, 2.05) is 18.2 Å². The quantitative estimate of drug-likeness (QED) is 0.786. The highest BCUT2D eigenvalue weighted by atomic mass is 16.5. The highest BCUT2D eigenvalue weighted by Crippen LogP contribution is 2.33. The molecule has 1 aliphatic rings. The Morgan fingerprint density at radius 1 is 1.44 bits per heavy atom. The predicted molar refractivity (Wildman–Crippen MR) is 60.9 cm³/mol. The molecule has 0 saturated heterocycles. The number of methoxy groups -OCH3 is 1. The van der Waals surface area contributed by atoms with Crippen molar-refractivity contribution < 1.29 is 14.2 Å². The van der Waals surface area contributed by atoms with Crippen LogP contribution in [0.5, 0.6) is 11.5 Å². The number of hydrogen-bond acceptors (Lipinski definition) is 4. The Kier molecular flexibility index (Phi) is 3.64. The lowest BCUT2D eigenvalue weighted by atomic mass is 10.0. The van der Waals surface area contributed by atoms with Crippen LogP contribution < -0.4 is 15.2 Å². The molecule has 16 heavy (non-hydrogen) atoms. The SMILES string of the molecule is COCCOc1ccc2c(c1)C(N)CCO2. The summed E-state index contributed by atoms with van der Waals surface area (Å²) in [4.78, 5) is 0. The van der Waals surface area contributed by atoms with Crippen molar-refractivity contribution >= 4 is 0 Å². The van der Waals surface area contributed by atoms with E-state index in [4.69, 9.17) is 19.9 Å². The van der Waals surface area contributed by atoms with E-state index in [1.54, 1.807) is 7.11 Å². The lowest BCUT2D eigenvalue weighted by Gasteiger charge is -2.23. The van der Waals surface area contributed by atoms with Crippen LogP contribution in [0.25, 0.3) is 0 Å². The van der Waals surface area contributed by atoms with Gasteiger partial charge < -0.3 is 19.9 Å². The first-order chi connectivity index (χ1) is 7.81. The molecule has 1 atom stereocenters. The van der Waals surface area contributed by atoms with Crippen molar-refractivity contribution in [2.45, 2.75) is 12.5 Å². The third-order valence-corrected chi connectivity index (χ3v) is 2.62. The summed E-state index contributed by atoms with van der Waals surface area (Å²) >= 11 is 0. The molecule has 1 heterocycles. The Balaban J connectivity index is 2.08. The summed E-state index contributed by atoms with van der Waals surface area (Å²) in [6.07, 6.45) is 0.856. The van der Waals surface area contributed by atoms with Crippen molar-refractivity contribution in [3.8, 4) is 11.5 Å². The number of benzene rings is 1. The van der Waals surface area contributed by atoms with Crippen molar-refractivity contribution in [3.05, 3.63) is 23.8 Å². The van der Waals surface area contributed by atoms with E-state index in [1.165, 1.54) is 0 Å². The van der Waals surface area contributed by atoms with Gasteiger partial charge in [-0.3, -0.25) is 0 Å². The maximum Gasteiger partial charge on any atom is 0.124 e. The van der Waals surface area contributed by atoms with E-state index in [0.29, 0.717) is 19.8 Å². The van der Waals surface area contributed by atoms with Gasteiger partial charge in [0, 0.05) is 25.1 Å². The Labute approximate surface area is 95.3 Å². The number of fused-ring (bicyclic) bond motifs is 1. The van der Waals surface area contributed by atoms with Crippen LogP contribution in [0.3, 0.4) is 0 Å². The molecule has 1 aromatic rings. The van der Waals surface area contributed by atoms with Crippen LogP contribution in [0.4, 0.5) is 0 Å². The largest absolute Gasteiger partial charge is 0.493 e. The molecule has 0 fully saturated rings. The van der Waals surface area contributed by atoms with Crippen molar-refractivity contribution in [2.24, 2.45) is 5.73 Å². The summed E-state index contributed by atoms with van der Waals surface area (Å²) in [6.45, 7) is 1.82. The Hall–Kier alpha value is -1.26. The van der Waals surface area contributed by atoms with Gasteiger partial charge in [0.2, 0.25) is 0 Å². The maximum atomic E-state index is 6.01. The van der Waals surface area contributed by atoms with Crippen molar-refractivity contribution in [3.63, 3.8) is 0 Å². The second-order valence-corrected chi connectivity index (χ2v) is 3.78. The van der Waals surface area contributed by atoms with E-state index in [2.05, 4.69) is 0 Å². The van der Waals surface area contributed by atoms with Crippen LogP contribution >= 0.6 is 0 Å². The van der Waals surface area contributed by atoms with Crippen LogP contribution in [-0.4, -0.2) is 26.9 Å². The van der Waals surface area contributed by atoms with E-state index in [9.17, 15) is 0 Å². The van der Waals surface area contributed by atoms with Crippen LogP contribution in [-0.2, 0) is 4.74 Å². The first kappa shape index (κ1) is 11.2. The molecule has 2 rings (SSSR count). The van der Waals surface area contributed by atoms with Crippen LogP contribution in [0.15, 0.2) is 18.2 Å². The van der Waals surface area contributed by atoms with Gasteiger partial charge in [-0.2, -0.15) is 0 Å². The summed E-state index contributed by atoms with van der Waals surface area (Å²) in [7, 11) is 1.65. The van der Waals surface area contributed by atoms with Crippen molar-refractivity contribution in [1.82, 2.24) is 0 Å². The number of ether oxygens (including phenoxy) is 3. The topological polar surface area (TPSA) is 53.7 Å². The predicted octanol–water partition coefficient (Wildman–Crippen LogP) is 1.49.